The van der Waals surface area contributed by atoms with E-state index in [2.05, 4.69) is 14.9 Å². The zero-order valence-electron chi connectivity index (χ0n) is 12.4. The van der Waals surface area contributed by atoms with Crippen LogP contribution in [0.1, 0.15) is 56.2 Å². The second-order valence-electron chi connectivity index (χ2n) is 6.10. The van der Waals surface area contributed by atoms with Crippen molar-refractivity contribution < 1.29 is 0 Å². The van der Waals surface area contributed by atoms with Gasteiger partial charge in [0.25, 0.3) is 0 Å². The van der Waals surface area contributed by atoms with E-state index in [-0.39, 0.29) is 0 Å². The van der Waals surface area contributed by atoms with E-state index in [0.717, 1.165) is 32.4 Å². The van der Waals surface area contributed by atoms with Gasteiger partial charge in [0.2, 0.25) is 0 Å². The van der Waals surface area contributed by atoms with Gasteiger partial charge in [-0.2, -0.15) is 0 Å². The summed E-state index contributed by atoms with van der Waals surface area (Å²) >= 11 is 0. The Morgan fingerprint density at radius 2 is 1.90 bits per heavy atom. The zero-order chi connectivity index (χ0) is 13.8. The molecule has 0 unspecified atom stereocenters. The first kappa shape index (κ1) is 13.8. The summed E-state index contributed by atoms with van der Waals surface area (Å²) in [5.74, 6) is 1.22. The molecule has 0 aromatic carbocycles. The molecular weight excluding hydrogens is 248 g/mol. The molecule has 1 aromatic heterocycles. The van der Waals surface area contributed by atoms with E-state index in [1.807, 2.05) is 0 Å². The summed E-state index contributed by atoms with van der Waals surface area (Å²) in [5.41, 5.74) is 8.44. The molecule has 110 valence electrons. The maximum Gasteiger partial charge on any atom is 0.135 e. The summed E-state index contributed by atoms with van der Waals surface area (Å²) < 4.78 is 0. The van der Waals surface area contributed by atoms with Crippen molar-refractivity contribution in [1.82, 2.24) is 9.97 Å². The molecule has 4 heteroatoms. The van der Waals surface area contributed by atoms with Gasteiger partial charge < -0.3 is 10.6 Å². The maximum atomic E-state index is 5.73. The Morgan fingerprint density at radius 1 is 1.10 bits per heavy atom. The molecule has 1 aromatic rings. The fourth-order valence-electron chi connectivity index (χ4n) is 3.69. The van der Waals surface area contributed by atoms with Crippen LogP contribution in [0.2, 0.25) is 0 Å². The van der Waals surface area contributed by atoms with Gasteiger partial charge in [-0.3, -0.25) is 0 Å². The Kier molecular flexibility index (Phi) is 4.51. The molecule has 2 aliphatic rings. The molecule has 0 atom stereocenters. The molecule has 0 aliphatic heterocycles. The molecule has 0 spiro atoms. The Bertz CT molecular complexity index is 440. The van der Waals surface area contributed by atoms with E-state index in [4.69, 9.17) is 5.73 Å². The minimum Gasteiger partial charge on any atom is -0.353 e. The van der Waals surface area contributed by atoms with Crippen molar-refractivity contribution >= 4 is 5.82 Å². The predicted octanol–water partition coefficient (Wildman–Crippen LogP) is 2.45. The van der Waals surface area contributed by atoms with Crippen LogP contribution in [0.15, 0.2) is 6.33 Å². The first-order valence-corrected chi connectivity index (χ1v) is 8.19. The Morgan fingerprint density at radius 3 is 2.70 bits per heavy atom. The fraction of sp³-hybridized carbons (Fsp3) is 0.750. The standard InChI is InChI=1S/C16H26N4/c17-10-5-11-20(13-6-1-2-7-13)16-14-8-3-4-9-15(14)18-12-19-16/h12-13H,1-11,17H2. The van der Waals surface area contributed by atoms with Crippen molar-refractivity contribution in [2.24, 2.45) is 5.73 Å². The molecule has 1 saturated carbocycles. The monoisotopic (exact) mass is 274 g/mol. The third-order valence-electron chi connectivity index (χ3n) is 4.74. The number of anilines is 1. The number of fused-ring (bicyclic) bond motifs is 1. The summed E-state index contributed by atoms with van der Waals surface area (Å²) in [6.07, 6.45) is 13.0. The van der Waals surface area contributed by atoms with Crippen LogP contribution in [0.5, 0.6) is 0 Å². The van der Waals surface area contributed by atoms with Gasteiger partial charge in [-0.15, -0.1) is 0 Å². The van der Waals surface area contributed by atoms with Crippen LogP contribution in [0.4, 0.5) is 5.82 Å². The van der Waals surface area contributed by atoms with Gasteiger partial charge in [0.1, 0.15) is 12.1 Å². The number of aromatic nitrogens is 2. The molecule has 0 amide bonds. The molecule has 2 aliphatic carbocycles. The topological polar surface area (TPSA) is 55.0 Å². The van der Waals surface area contributed by atoms with Gasteiger partial charge in [0, 0.05) is 23.8 Å². The van der Waals surface area contributed by atoms with Crippen LogP contribution >= 0.6 is 0 Å². The van der Waals surface area contributed by atoms with Gasteiger partial charge >= 0.3 is 0 Å². The third-order valence-corrected chi connectivity index (χ3v) is 4.74. The van der Waals surface area contributed by atoms with Crippen LogP contribution in [-0.4, -0.2) is 29.1 Å². The van der Waals surface area contributed by atoms with Crippen LogP contribution in [0.3, 0.4) is 0 Å². The molecule has 0 radical (unpaired) electrons. The maximum absolute atomic E-state index is 5.73. The Labute approximate surface area is 121 Å². The summed E-state index contributed by atoms with van der Waals surface area (Å²) in [4.78, 5) is 11.7. The van der Waals surface area contributed by atoms with Crippen LogP contribution in [0, 0.1) is 0 Å². The molecule has 20 heavy (non-hydrogen) atoms. The van der Waals surface area contributed by atoms with Gasteiger partial charge in [0.15, 0.2) is 0 Å². The van der Waals surface area contributed by atoms with Crippen molar-refractivity contribution in [2.75, 3.05) is 18.0 Å². The third kappa shape index (κ3) is 2.80. The Balaban J connectivity index is 1.89. The lowest BCUT2D eigenvalue weighted by molar-refractivity contribution is 0.575. The summed E-state index contributed by atoms with van der Waals surface area (Å²) in [7, 11) is 0. The van der Waals surface area contributed by atoms with Crippen molar-refractivity contribution in [3.8, 4) is 0 Å². The SMILES string of the molecule is NCCCN(c1ncnc2c1CCCC2)C1CCCC1. The van der Waals surface area contributed by atoms with Crippen LogP contribution in [0.25, 0.3) is 0 Å². The number of hydrogen-bond donors (Lipinski definition) is 1. The summed E-state index contributed by atoms with van der Waals surface area (Å²) in [5, 5.41) is 0. The lowest BCUT2D eigenvalue weighted by atomic mass is 9.95. The van der Waals surface area contributed by atoms with Crippen molar-refractivity contribution in [1.29, 1.82) is 0 Å². The second kappa shape index (κ2) is 6.53. The van der Waals surface area contributed by atoms with Gasteiger partial charge in [-0.25, -0.2) is 9.97 Å². The number of nitrogens with zero attached hydrogens (tertiary/aromatic N) is 3. The normalized spacial score (nSPS) is 19.1. The van der Waals surface area contributed by atoms with Gasteiger partial charge in [-0.1, -0.05) is 12.8 Å². The first-order valence-electron chi connectivity index (χ1n) is 8.19. The first-order chi connectivity index (χ1) is 9.90. The van der Waals surface area contributed by atoms with E-state index in [0.29, 0.717) is 6.04 Å². The lowest BCUT2D eigenvalue weighted by Gasteiger charge is -2.33. The van der Waals surface area contributed by atoms with E-state index in [9.17, 15) is 0 Å². The van der Waals surface area contributed by atoms with E-state index in [1.54, 1.807) is 6.33 Å². The minimum atomic E-state index is 0.669. The van der Waals surface area contributed by atoms with Crippen LogP contribution in [-0.2, 0) is 12.8 Å². The highest BCUT2D eigenvalue weighted by Crippen LogP contribution is 2.32. The molecule has 0 bridgehead atoms. The number of nitrogens with two attached hydrogens (primary N) is 1. The average Bonchev–Trinajstić information content (AvgIpc) is 3.02. The fourth-order valence-corrected chi connectivity index (χ4v) is 3.69. The van der Waals surface area contributed by atoms with Crippen LogP contribution < -0.4 is 10.6 Å². The van der Waals surface area contributed by atoms with E-state index in [1.165, 1.54) is 55.6 Å². The highest BCUT2D eigenvalue weighted by atomic mass is 15.2. The molecule has 0 saturated heterocycles. The average molecular weight is 274 g/mol. The van der Waals surface area contributed by atoms with Crippen molar-refractivity contribution in [2.45, 2.75) is 63.8 Å². The molecule has 1 fully saturated rings. The zero-order valence-corrected chi connectivity index (χ0v) is 12.4. The summed E-state index contributed by atoms with van der Waals surface area (Å²) in [6, 6.07) is 0.669. The van der Waals surface area contributed by atoms with E-state index < -0.39 is 0 Å². The number of hydrogen-bond acceptors (Lipinski definition) is 4. The van der Waals surface area contributed by atoms with E-state index >= 15 is 0 Å². The highest BCUT2D eigenvalue weighted by Gasteiger charge is 2.27. The van der Waals surface area contributed by atoms with Crippen molar-refractivity contribution in [3.05, 3.63) is 17.6 Å². The molecule has 1 heterocycles. The van der Waals surface area contributed by atoms with Crippen molar-refractivity contribution in [3.63, 3.8) is 0 Å². The number of rotatable bonds is 5. The molecule has 4 nitrogen and oxygen atoms in total. The largest absolute Gasteiger partial charge is 0.353 e. The lowest BCUT2D eigenvalue weighted by Crippen LogP contribution is -2.37. The minimum absolute atomic E-state index is 0.669. The Hall–Kier alpha value is -1.16. The van der Waals surface area contributed by atoms with Gasteiger partial charge in [-0.05, 0) is 51.5 Å². The number of aryl methyl sites for hydroxylation is 1. The molecular formula is C16H26N4. The quantitative estimate of drug-likeness (QED) is 0.896. The smallest absolute Gasteiger partial charge is 0.135 e. The molecule has 2 N–H and O–H groups in total. The van der Waals surface area contributed by atoms with Gasteiger partial charge in [0.05, 0.1) is 0 Å². The second-order valence-corrected chi connectivity index (χ2v) is 6.10. The molecule has 3 rings (SSSR count). The summed E-state index contributed by atoms with van der Waals surface area (Å²) in [6.45, 7) is 1.81. The predicted molar refractivity (Wildman–Crippen MR) is 81.9 cm³/mol. The highest BCUT2D eigenvalue weighted by molar-refractivity contribution is 5.50.